The smallest absolute Gasteiger partial charge is 0.295 e. The van der Waals surface area contributed by atoms with Crippen LogP contribution in [0.1, 0.15) is 97.6 Å². The highest BCUT2D eigenvalue weighted by Gasteiger charge is 2.53. The molecule has 0 amide bonds. The van der Waals surface area contributed by atoms with Gasteiger partial charge in [-0.3, -0.25) is 0 Å². The van der Waals surface area contributed by atoms with E-state index in [1.54, 1.807) is 0 Å². The van der Waals surface area contributed by atoms with Crippen molar-refractivity contribution in [1.29, 1.82) is 0 Å². The third-order valence-electron chi connectivity index (χ3n) is 6.23. The Morgan fingerprint density at radius 1 is 1.00 bits per heavy atom. The fourth-order valence-electron chi connectivity index (χ4n) is 4.89. The Labute approximate surface area is 159 Å². The predicted octanol–water partition coefficient (Wildman–Crippen LogP) is 7.01. The Bertz CT molecular complexity index is 651. The van der Waals surface area contributed by atoms with Crippen LogP contribution in [-0.4, -0.2) is 15.8 Å². The summed E-state index contributed by atoms with van der Waals surface area (Å²) in [5, 5.41) is 20.7. The number of hydrogen-bond acceptors (Lipinski definition) is 3. The Morgan fingerprint density at radius 2 is 1.46 bits per heavy atom. The first-order valence-electron chi connectivity index (χ1n) is 10.1. The number of hydrogen-bond donors (Lipinski definition) is 2. The number of para-hydroxylation sites is 1. The molecule has 0 spiro atoms. The summed E-state index contributed by atoms with van der Waals surface area (Å²) >= 11 is 0. The van der Waals surface area contributed by atoms with E-state index in [2.05, 4.69) is 78.5 Å². The van der Waals surface area contributed by atoms with Gasteiger partial charge < -0.3 is 15.1 Å². The standard InChI is InChI=1S/C23H37NO2/c1-9-23(10-2)14-22(7,8)24(20(23)21(25)26)19-17(15(3)4)12-11-13-18(19)16(5)6/h11-13,15-16,25-26H,9-10,14H2,1-8H3. The summed E-state index contributed by atoms with van der Waals surface area (Å²) in [6.45, 7) is 17.6. The van der Waals surface area contributed by atoms with Crippen molar-refractivity contribution in [2.24, 2.45) is 5.41 Å². The van der Waals surface area contributed by atoms with Crippen molar-refractivity contribution < 1.29 is 10.2 Å². The molecular formula is C23H37NO2. The van der Waals surface area contributed by atoms with Gasteiger partial charge in [0.25, 0.3) is 5.95 Å². The van der Waals surface area contributed by atoms with Gasteiger partial charge >= 0.3 is 0 Å². The minimum absolute atomic E-state index is 0.188. The molecule has 3 nitrogen and oxygen atoms in total. The number of benzene rings is 1. The van der Waals surface area contributed by atoms with Crippen LogP contribution < -0.4 is 4.90 Å². The van der Waals surface area contributed by atoms with Gasteiger partial charge in [-0.1, -0.05) is 59.7 Å². The highest BCUT2D eigenvalue weighted by atomic mass is 16.5. The molecule has 146 valence electrons. The molecule has 1 aromatic carbocycles. The SMILES string of the molecule is CCC1(CC)CC(C)(C)N(c2c(C(C)C)cccc2C(C)C)C1=C(O)O. The third kappa shape index (κ3) is 3.21. The Hall–Kier alpha value is -1.64. The van der Waals surface area contributed by atoms with E-state index in [4.69, 9.17) is 0 Å². The second-order valence-electron chi connectivity index (χ2n) is 9.08. The van der Waals surface area contributed by atoms with E-state index >= 15 is 0 Å². The first kappa shape index (κ1) is 20.7. The maximum Gasteiger partial charge on any atom is 0.295 e. The Morgan fingerprint density at radius 3 is 1.81 bits per heavy atom. The predicted molar refractivity (Wildman–Crippen MR) is 111 cm³/mol. The molecule has 0 aliphatic carbocycles. The molecule has 0 saturated carbocycles. The molecule has 1 heterocycles. The average molecular weight is 360 g/mol. The van der Waals surface area contributed by atoms with Crippen LogP contribution in [0.2, 0.25) is 0 Å². The van der Waals surface area contributed by atoms with Crippen LogP contribution in [0.15, 0.2) is 29.8 Å². The van der Waals surface area contributed by atoms with E-state index in [1.807, 2.05) is 0 Å². The summed E-state index contributed by atoms with van der Waals surface area (Å²) in [5.41, 5.74) is 4.01. The molecule has 0 bridgehead atoms. The highest BCUT2D eigenvalue weighted by molar-refractivity contribution is 5.69. The average Bonchev–Trinajstić information content (AvgIpc) is 2.81. The van der Waals surface area contributed by atoms with E-state index in [0.29, 0.717) is 17.5 Å². The number of anilines is 1. The maximum atomic E-state index is 10.4. The molecule has 26 heavy (non-hydrogen) atoms. The summed E-state index contributed by atoms with van der Waals surface area (Å²) in [4.78, 5) is 2.25. The van der Waals surface area contributed by atoms with Gasteiger partial charge in [0.1, 0.15) is 5.70 Å². The van der Waals surface area contributed by atoms with Crippen molar-refractivity contribution in [3.63, 3.8) is 0 Å². The zero-order valence-electron chi connectivity index (χ0n) is 17.8. The molecule has 0 aromatic heterocycles. The zero-order valence-corrected chi connectivity index (χ0v) is 17.8. The summed E-state index contributed by atoms with van der Waals surface area (Å²) in [7, 11) is 0. The van der Waals surface area contributed by atoms with Crippen LogP contribution >= 0.6 is 0 Å². The topological polar surface area (TPSA) is 43.7 Å². The van der Waals surface area contributed by atoms with Crippen LogP contribution in [0.5, 0.6) is 0 Å². The van der Waals surface area contributed by atoms with Gasteiger partial charge in [-0.05, 0) is 56.1 Å². The Kier molecular flexibility index (Phi) is 5.70. The molecule has 0 radical (unpaired) electrons. The van der Waals surface area contributed by atoms with E-state index < -0.39 is 5.95 Å². The van der Waals surface area contributed by atoms with Gasteiger partial charge in [0.2, 0.25) is 0 Å². The van der Waals surface area contributed by atoms with Crippen molar-refractivity contribution in [1.82, 2.24) is 0 Å². The van der Waals surface area contributed by atoms with Crippen LogP contribution in [0.25, 0.3) is 0 Å². The fourth-order valence-corrected chi connectivity index (χ4v) is 4.89. The van der Waals surface area contributed by atoms with Crippen LogP contribution in [-0.2, 0) is 0 Å². The summed E-state index contributed by atoms with van der Waals surface area (Å²) in [6, 6.07) is 6.50. The molecule has 3 heteroatoms. The molecule has 1 aliphatic rings. The molecule has 2 N–H and O–H groups in total. The van der Waals surface area contributed by atoms with Crippen molar-refractivity contribution in [2.75, 3.05) is 4.90 Å². The van der Waals surface area contributed by atoms with Gasteiger partial charge in [0, 0.05) is 16.6 Å². The van der Waals surface area contributed by atoms with Gasteiger partial charge in [0.15, 0.2) is 0 Å². The highest BCUT2D eigenvalue weighted by Crippen LogP contribution is 2.57. The monoisotopic (exact) mass is 359 g/mol. The van der Waals surface area contributed by atoms with E-state index in [-0.39, 0.29) is 11.0 Å². The fraction of sp³-hybridized carbons (Fsp3) is 0.652. The van der Waals surface area contributed by atoms with Gasteiger partial charge in [0.05, 0.1) is 0 Å². The normalized spacial score (nSPS) is 18.8. The number of aliphatic hydroxyl groups is 2. The molecule has 1 aliphatic heterocycles. The van der Waals surface area contributed by atoms with Crippen LogP contribution in [0.4, 0.5) is 5.69 Å². The lowest BCUT2D eigenvalue weighted by molar-refractivity contribution is 0.167. The maximum absolute atomic E-state index is 10.4. The molecule has 0 unspecified atom stereocenters. The third-order valence-corrected chi connectivity index (χ3v) is 6.23. The van der Waals surface area contributed by atoms with Crippen LogP contribution in [0.3, 0.4) is 0 Å². The minimum Gasteiger partial charge on any atom is -0.480 e. The number of nitrogens with zero attached hydrogens (tertiary/aromatic N) is 1. The van der Waals surface area contributed by atoms with E-state index in [9.17, 15) is 10.2 Å². The minimum atomic E-state index is -0.521. The largest absolute Gasteiger partial charge is 0.480 e. The number of allylic oxidation sites excluding steroid dienone is 1. The molecule has 1 aromatic rings. The van der Waals surface area contributed by atoms with E-state index in [0.717, 1.165) is 19.3 Å². The quantitative estimate of drug-likeness (QED) is 0.555. The summed E-state index contributed by atoms with van der Waals surface area (Å²) in [5.74, 6) is 0.201. The molecule has 0 atom stereocenters. The molecule has 1 fully saturated rings. The van der Waals surface area contributed by atoms with Gasteiger partial charge in [-0.2, -0.15) is 0 Å². The van der Waals surface area contributed by atoms with Crippen molar-refractivity contribution >= 4 is 5.69 Å². The first-order chi connectivity index (χ1) is 12.0. The first-order valence-corrected chi connectivity index (χ1v) is 10.1. The second kappa shape index (κ2) is 7.17. The lowest BCUT2D eigenvalue weighted by atomic mass is 9.76. The summed E-state index contributed by atoms with van der Waals surface area (Å²) < 4.78 is 0. The second-order valence-corrected chi connectivity index (χ2v) is 9.08. The number of rotatable bonds is 5. The molecular weight excluding hydrogens is 322 g/mol. The van der Waals surface area contributed by atoms with Crippen molar-refractivity contribution in [3.8, 4) is 0 Å². The van der Waals surface area contributed by atoms with Crippen molar-refractivity contribution in [2.45, 2.75) is 92.0 Å². The summed E-state index contributed by atoms with van der Waals surface area (Å²) in [6.07, 6.45) is 2.70. The zero-order chi connectivity index (χ0) is 19.9. The van der Waals surface area contributed by atoms with Crippen LogP contribution in [0, 0.1) is 5.41 Å². The van der Waals surface area contributed by atoms with Crippen molar-refractivity contribution in [3.05, 3.63) is 41.0 Å². The van der Waals surface area contributed by atoms with Gasteiger partial charge in [-0.15, -0.1) is 0 Å². The number of aliphatic hydroxyl groups excluding tert-OH is 1. The molecule has 1 saturated heterocycles. The Balaban J connectivity index is 2.87. The lowest BCUT2D eigenvalue weighted by Gasteiger charge is -2.38. The van der Waals surface area contributed by atoms with Gasteiger partial charge in [-0.25, -0.2) is 0 Å². The lowest BCUT2D eigenvalue weighted by Crippen LogP contribution is -2.39. The van der Waals surface area contributed by atoms with E-state index in [1.165, 1.54) is 16.8 Å². The molecule has 2 rings (SSSR count).